The predicted molar refractivity (Wildman–Crippen MR) is 52.5 cm³/mol. The van der Waals surface area contributed by atoms with Crippen molar-refractivity contribution in [3.8, 4) is 0 Å². The SMILES string of the molecule is NCCN(CC(=O)O)C(=O)CCP. The Kier molecular flexibility index (Phi) is 6.45. The van der Waals surface area contributed by atoms with E-state index in [0.717, 1.165) is 0 Å². The lowest BCUT2D eigenvalue weighted by Gasteiger charge is -2.19. The zero-order valence-electron chi connectivity index (χ0n) is 7.40. The number of nitrogens with zero attached hydrogens (tertiary/aromatic N) is 1. The van der Waals surface area contributed by atoms with E-state index in [1.165, 1.54) is 4.90 Å². The maximum absolute atomic E-state index is 11.3. The summed E-state index contributed by atoms with van der Waals surface area (Å²) < 4.78 is 0. The predicted octanol–water partition coefficient (Wildman–Crippen LogP) is -0.877. The summed E-state index contributed by atoms with van der Waals surface area (Å²) >= 11 is 0. The summed E-state index contributed by atoms with van der Waals surface area (Å²) in [6.45, 7) is 0.326. The van der Waals surface area contributed by atoms with Crippen LogP contribution in [0.5, 0.6) is 0 Å². The van der Waals surface area contributed by atoms with Crippen LogP contribution in [-0.2, 0) is 9.59 Å². The Morgan fingerprint density at radius 2 is 2.08 bits per heavy atom. The number of aliphatic carboxylic acids is 1. The summed E-state index contributed by atoms with van der Waals surface area (Å²) in [6.07, 6.45) is 0.984. The molecule has 0 heterocycles. The second-order valence-electron chi connectivity index (χ2n) is 2.54. The standard InChI is InChI=1S/C7H15N2O3P/c8-2-3-9(5-7(11)12)6(10)1-4-13/h1-5,8,13H2,(H,11,12). The molecular weight excluding hydrogens is 191 g/mol. The van der Waals surface area contributed by atoms with Gasteiger partial charge in [-0.3, -0.25) is 9.59 Å². The lowest BCUT2D eigenvalue weighted by molar-refractivity contribution is -0.144. The maximum Gasteiger partial charge on any atom is 0.323 e. The van der Waals surface area contributed by atoms with Gasteiger partial charge in [-0.05, 0) is 6.16 Å². The van der Waals surface area contributed by atoms with Crippen LogP contribution in [0.2, 0.25) is 0 Å². The van der Waals surface area contributed by atoms with Crippen LogP contribution in [0.1, 0.15) is 6.42 Å². The lowest BCUT2D eigenvalue weighted by atomic mass is 10.3. The molecule has 3 N–H and O–H groups in total. The van der Waals surface area contributed by atoms with Gasteiger partial charge in [-0.1, -0.05) is 0 Å². The normalized spacial score (nSPS) is 9.69. The largest absolute Gasteiger partial charge is 0.480 e. The first kappa shape index (κ1) is 12.3. The fraction of sp³-hybridized carbons (Fsp3) is 0.714. The fourth-order valence-electron chi connectivity index (χ4n) is 0.893. The number of rotatable bonds is 6. The van der Waals surface area contributed by atoms with Crippen molar-refractivity contribution >= 4 is 21.1 Å². The van der Waals surface area contributed by atoms with Crippen LogP contribution in [0.4, 0.5) is 0 Å². The number of hydrogen-bond acceptors (Lipinski definition) is 3. The van der Waals surface area contributed by atoms with Crippen LogP contribution in [0.3, 0.4) is 0 Å². The molecule has 0 bridgehead atoms. The van der Waals surface area contributed by atoms with Crippen molar-refractivity contribution in [1.82, 2.24) is 4.90 Å². The van der Waals surface area contributed by atoms with E-state index in [-0.39, 0.29) is 19.0 Å². The highest BCUT2D eigenvalue weighted by atomic mass is 31.0. The van der Waals surface area contributed by atoms with Gasteiger partial charge in [-0.25, -0.2) is 0 Å². The summed E-state index contributed by atoms with van der Waals surface area (Å²) in [7, 11) is 2.42. The fourth-order valence-corrected chi connectivity index (χ4v) is 1.14. The smallest absolute Gasteiger partial charge is 0.323 e. The van der Waals surface area contributed by atoms with Gasteiger partial charge in [0.1, 0.15) is 6.54 Å². The maximum atomic E-state index is 11.3. The molecule has 0 aromatic rings. The van der Waals surface area contributed by atoms with Crippen LogP contribution >= 0.6 is 9.24 Å². The van der Waals surface area contributed by atoms with Gasteiger partial charge in [0, 0.05) is 19.5 Å². The zero-order chi connectivity index (χ0) is 10.3. The zero-order valence-corrected chi connectivity index (χ0v) is 8.56. The lowest BCUT2D eigenvalue weighted by Crippen LogP contribution is -2.39. The third kappa shape index (κ3) is 5.55. The molecule has 5 nitrogen and oxygen atoms in total. The number of carboxylic acids is 1. The van der Waals surface area contributed by atoms with Gasteiger partial charge in [-0.15, -0.1) is 9.24 Å². The van der Waals surface area contributed by atoms with Crippen molar-refractivity contribution in [3.05, 3.63) is 0 Å². The Balaban J connectivity index is 4.06. The van der Waals surface area contributed by atoms with Gasteiger partial charge in [0.05, 0.1) is 0 Å². The van der Waals surface area contributed by atoms with E-state index in [0.29, 0.717) is 19.1 Å². The topological polar surface area (TPSA) is 83.6 Å². The molecule has 76 valence electrons. The van der Waals surface area contributed by atoms with Gasteiger partial charge in [-0.2, -0.15) is 0 Å². The number of hydrogen-bond donors (Lipinski definition) is 2. The Hall–Kier alpha value is -0.670. The highest BCUT2D eigenvalue weighted by Crippen LogP contribution is 1.96. The molecule has 1 unspecified atom stereocenters. The van der Waals surface area contributed by atoms with E-state index in [1.54, 1.807) is 0 Å². The summed E-state index contributed by atoms with van der Waals surface area (Å²) in [5.74, 6) is -1.17. The molecular formula is C7H15N2O3P. The third-order valence-corrected chi connectivity index (χ3v) is 1.72. The number of amides is 1. The first-order valence-corrected chi connectivity index (χ1v) is 4.83. The van der Waals surface area contributed by atoms with Crippen molar-refractivity contribution in [2.45, 2.75) is 6.42 Å². The van der Waals surface area contributed by atoms with Gasteiger partial charge in [0.15, 0.2) is 0 Å². The molecule has 1 atom stereocenters. The van der Waals surface area contributed by atoms with E-state index in [1.807, 2.05) is 0 Å². The molecule has 0 aromatic heterocycles. The van der Waals surface area contributed by atoms with Crippen LogP contribution in [-0.4, -0.2) is 47.7 Å². The van der Waals surface area contributed by atoms with Gasteiger partial charge >= 0.3 is 5.97 Å². The number of carboxylic acid groups (broad SMARTS) is 1. The van der Waals surface area contributed by atoms with Crippen LogP contribution in [0.15, 0.2) is 0 Å². The van der Waals surface area contributed by atoms with E-state index >= 15 is 0 Å². The Labute approximate surface area is 79.5 Å². The summed E-state index contributed by atoms with van der Waals surface area (Å²) in [5.41, 5.74) is 5.25. The molecule has 0 rings (SSSR count). The number of nitrogens with two attached hydrogens (primary N) is 1. The molecule has 13 heavy (non-hydrogen) atoms. The average Bonchev–Trinajstić information content (AvgIpc) is 2.03. The minimum atomic E-state index is -1.01. The minimum absolute atomic E-state index is 0.164. The van der Waals surface area contributed by atoms with E-state index < -0.39 is 5.97 Å². The minimum Gasteiger partial charge on any atom is -0.480 e. The van der Waals surface area contributed by atoms with Gasteiger partial charge < -0.3 is 15.7 Å². The van der Waals surface area contributed by atoms with E-state index in [2.05, 4.69) is 9.24 Å². The number of carbonyl (C=O) groups is 2. The second kappa shape index (κ2) is 6.80. The van der Waals surface area contributed by atoms with E-state index in [4.69, 9.17) is 10.8 Å². The molecule has 0 spiro atoms. The molecule has 0 fully saturated rings. The van der Waals surface area contributed by atoms with Crippen LogP contribution < -0.4 is 5.73 Å². The Morgan fingerprint density at radius 3 is 2.46 bits per heavy atom. The van der Waals surface area contributed by atoms with Crippen molar-refractivity contribution in [1.29, 1.82) is 0 Å². The molecule has 0 radical (unpaired) electrons. The molecule has 6 heteroatoms. The molecule has 1 amide bonds. The summed E-state index contributed by atoms with van der Waals surface area (Å²) in [4.78, 5) is 22.9. The number of carbonyl (C=O) groups excluding carboxylic acids is 1. The average molecular weight is 206 g/mol. The van der Waals surface area contributed by atoms with Crippen molar-refractivity contribution in [2.75, 3.05) is 25.8 Å². The summed E-state index contributed by atoms with van der Waals surface area (Å²) in [5, 5.41) is 8.49. The van der Waals surface area contributed by atoms with Crippen molar-refractivity contribution < 1.29 is 14.7 Å². The van der Waals surface area contributed by atoms with Crippen LogP contribution in [0, 0.1) is 0 Å². The van der Waals surface area contributed by atoms with Gasteiger partial charge in [0.25, 0.3) is 0 Å². The monoisotopic (exact) mass is 206 g/mol. The quantitative estimate of drug-likeness (QED) is 0.553. The summed E-state index contributed by atoms with van der Waals surface area (Å²) in [6, 6.07) is 0. The second-order valence-corrected chi connectivity index (χ2v) is 3.11. The molecule has 0 aliphatic carbocycles. The van der Waals surface area contributed by atoms with Crippen molar-refractivity contribution in [2.24, 2.45) is 5.73 Å². The first-order chi connectivity index (χ1) is 6.11. The Bertz CT molecular complexity index is 187. The van der Waals surface area contributed by atoms with Crippen LogP contribution in [0.25, 0.3) is 0 Å². The van der Waals surface area contributed by atoms with Crippen molar-refractivity contribution in [3.63, 3.8) is 0 Å². The molecule has 0 saturated carbocycles. The van der Waals surface area contributed by atoms with Gasteiger partial charge in [0.2, 0.25) is 5.91 Å². The van der Waals surface area contributed by atoms with E-state index in [9.17, 15) is 9.59 Å². The molecule has 0 aliphatic rings. The highest BCUT2D eigenvalue weighted by molar-refractivity contribution is 7.16. The highest BCUT2D eigenvalue weighted by Gasteiger charge is 2.14. The Morgan fingerprint density at radius 1 is 1.46 bits per heavy atom. The molecule has 0 aromatic carbocycles. The first-order valence-electron chi connectivity index (χ1n) is 4.01. The molecule has 0 aliphatic heterocycles. The molecule has 0 saturated heterocycles. The third-order valence-electron chi connectivity index (χ3n) is 1.44.